The molecule has 9 aliphatic rings. The van der Waals surface area contributed by atoms with E-state index in [1.165, 1.54) is 200 Å². The highest BCUT2D eigenvalue weighted by molar-refractivity contribution is 6.11. The predicted octanol–water partition coefficient (Wildman–Crippen LogP) is 16.4. The third-order valence-electron chi connectivity index (χ3n) is 23.8. The molecule has 446 valence electrons. The molecular weight excluding hydrogens is 1070 g/mol. The molecule has 8 atom stereocenters. The van der Waals surface area contributed by atoms with Gasteiger partial charge in [0, 0.05) is 0 Å². The van der Waals surface area contributed by atoms with E-state index in [2.05, 4.69) is 225 Å². The highest BCUT2D eigenvalue weighted by atomic mass is 15.4. The minimum atomic E-state index is 0.420. The highest BCUT2D eigenvalue weighted by Crippen LogP contribution is 2.46. The zero-order valence-corrected chi connectivity index (χ0v) is 50.9. The molecule has 8 heteroatoms. The molecule has 11 aromatic carbocycles. The van der Waals surface area contributed by atoms with Crippen molar-refractivity contribution in [3.63, 3.8) is 0 Å². The summed E-state index contributed by atoms with van der Waals surface area (Å²) in [6, 6.07) is 66.6. The van der Waals surface area contributed by atoms with Crippen molar-refractivity contribution in [3.05, 3.63) is 182 Å². The summed E-state index contributed by atoms with van der Waals surface area (Å²) in [6.45, 7) is 0. The lowest BCUT2D eigenvalue weighted by Gasteiger charge is -2.35. The van der Waals surface area contributed by atoms with Crippen molar-refractivity contribution in [1.29, 1.82) is 0 Å². The Labute approximate surface area is 518 Å². The van der Waals surface area contributed by atoms with Gasteiger partial charge >= 0.3 is 0 Å². The van der Waals surface area contributed by atoms with Crippen LogP contribution in [0.25, 0.3) is 97.0 Å². The number of benzene rings is 11. The molecule has 5 saturated heterocycles. The molecule has 5 aliphatic heterocycles. The Bertz CT molecular complexity index is 3830. The zero-order valence-electron chi connectivity index (χ0n) is 50.9. The number of fused-ring (bicyclic) bond motifs is 29. The first-order valence-corrected chi connectivity index (χ1v) is 34.5. The topological polar surface area (TPSA) is 96.2 Å². The average molecular weight is 1160 g/mol. The van der Waals surface area contributed by atoms with Gasteiger partial charge in [-0.25, -0.2) is 0 Å². The fourth-order valence-corrected chi connectivity index (χ4v) is 19.5. The van der Waals surface area contributed by atoms with Gasteiger partial charge in [0.15, 0.2) is 0 Å². The number of hydrogen-bond donors (Lipinski definition) is 8. The fraction of sp³-hybridized carbons (Fsp3) is 0.400. The smallest absolute Gasteiger partial charge is 0.0628 e. The molecule has 4 saturated carbocycles. The summed E-state index contributed by atoms with van der Waals surface area (Å²) < 4.78 is 0. The van der Waals surface area contributed by atoms with E-state index in [1.807, 2.05) is 0 Å². The van der Waals surface area contributed by atoms with Gasteiger partial charge < -0.3 is 0 Å². The quantitative estimate of drug-likeness (QED) is 0.0712. The van der Waals surface area contributed by atoms with Crippen molar-refractivity contribution < 1.29 is 0 Å². The first-order chi connectivity index (χ1) is 43.5. The van der Waals surface area contributed by atoms with Crippen LogP contribution >= 0.6 is 0 Å². The maximum atomic E-state index is 4.26. The van der Waals surface area contributed by atoms with Gasteiger partial charge in [0.2, 0.25) is 0 Å². The molecular formula is C80H86N8. The summed E-state index contributed by atoms with van der Waals surface area (Å²) in [4.78, 5) is 0. The molecule has 0 amide bonds. The Morgan fingerprint density at radius 1 is 0.159 bits per heavy atom. The van der Waals surface area contributed by atoms with E-state index in [9.17, 15) is 0 Å². The monoisotopic (exact) mass is 1160 g/mol. The highest BCUT2D eigenvalue weighted by Gasteiger charge is 2.54. The van der Waals surface area contributed by atoms with E-state index in [1.54, 1.807) is 0 Å². The molecule has 8 N–H and O–H groups in total. The second-order valence-corrected chi connectivity index (χ2v) is 28.7. The average Bonchev–Trinajstić information content (AvgIpc) is 3.13. The van der Waals surface area contributed by atoms with E-state index in [0.29, 0.717) is 49.3 Å². The van der Waals surface area contributed by atoms with Crippen molar-refractivity contribution in [2.75, 3.05) is 0 Å². The lowest BCUT2D eigenvalue weighted by Crippen LogP contribution is -2.61. The fourth-order valence-electron chi connectivity index (χ4n) is 19.5. The summed E-state index contributed by atoms with van der Waals surface area (Å²) in [5, 5.41) is 57.2. The van der Waals surface area contributed by atoms with Crippen LogP contribution in [0.1, 0.15) is 103 Å². The Balaban J connectivity index is 0.000000105. The van der Waals surface area contributed by atoms with Crippen LogP contribution in [0.3, 0.4) is 0 Å². The Morgan fingerprint density at radius 3 is 0.398 bits per heavy atom. The van der Waals surface area contributed by atoms with Gasteiger partial charge in [0.25, 0.3) is 0 Å². The summed E-state index contributed by atoms with van der Waals surface area (Å²) in [5.74, 6) is 5.97. The molecule has 20 rings (SSSR count). The molecule has 0 aromatic heterocycles. The SMILES string of the molecule is C1CCC2C3NC(NC4NC(NC5NC(NC6NC(N3)C3CCCCC63)C3CCCCC53)C3CCCCC43)C2C1.c1ccc2cc3cc4cc5cc6ccccc6cc5cc4cc3cc2c1.c1ccc2cc3cc4cc5ccccc5cc4cc3cc2c1. The van der Waals surface area contributed by atoms with E-state index < -0.39 is 0 Å². The van der Waals surface area contributed by atoms with E-state index >= 15 is 0 Å². The maximum absolute atomic E-state index is 4.26. The minimum absolute atomic E-state index is 0.420. The molecule has 4 aliphatic carbocycles. The summed E-state index contributed by atoms with van der Waals surface area (Å²) >= 11 is 0. The van der Waals surface area contributed by atoms with Crippen LogP contribution in [0, 0.1) is 47.3 Å². The zero-order chi connectivity index (χ0) is 57.8. The minimum Gasteiger partial charge on any atom is -0.286 e. The lowest BCUT2D eigenvalue weighted by molar-refractivity contribution is 0.167. The van der Waals surface area contributed by atoms with Crippen LogP contribution in [0.5, 0.6) is 0 Å². The lowest BCUT2D eigenvalue weighted by atomic mass is 9.76. The van der Waals surface area contributed by atoms with Crippen molar-refractivity contribution in [1.82, 2.24) is 42.5 Å². The van der Waals surface area contributed by atoms with Crippen LogP contribution in [0.2, 0.25) is 0 Å². The summed E-state index contributed by atoms with van der Waals surface area (Å²) in [7, 11) is 0. The van der Waals surface area contributed by atoms with Crippen LogP contribution in [0.4, 0.5) is 0 Å². The largest absolute Gasteiger partial charge is 0.286 e. The molecule has 88 heavy (non-hydrogen) atoms. The molecule has 8 nitrogen and oxygen atoms in total. The predicted molar refractivity (Wildman–Crippen MR) is 368 cm³/mol. The van der Waals surface area contributed by atoms with Gasteiger partial charge in [0.1, 0.15) is 0 Å². The molecule has 0 spiro atoms. The summed E-state index contributed by atoms with van der Waals surface area (Å²) in [6.07, 6.45) is 25.6. The Hall–Kier alpha value is -6.56. The van der Waals surface area contributed by atoms with E-state index in [4.69, 9.17) is 0 Å². The van der Waals surface area contributed by atoms with Crippen LogP contribution in [-0.2, 0) is 0 Å². The summed E-state index contributed by atoms with van der Waals surface area (Å²) in [5.41, 5.74) is 0. The van der Waals surface area contributed by atoms with Gasteiger partial charge in [-0.3, -0.25) is 42.5 Å². The van der Waals surface area contributed by atoms with Gasteiger partial charge in [-0.1, -0.05) is 148 Å². The van der Waals surface area contributed by atoms with Gasteiger partial charge in [-0.15, -0.1) is 0 Å². The molecule has 9 fully saturated rings. The standard InChI is InChI=1S/C32H56N8.C26H16.C22H14/c1-2-10-18-17(9-1)25-33-26(18)38-28-21-13-5-6-14-22(21)30(35-28)40-32-24-16-8-7-15-23(24)31(36-32)39-29-20-12-4-3-11-19(20)27(34-29)37-25;1-2-6-18-10-22-14-26-16-24-12-20-8-4-3-7-19(20)11-23(24)15-25(26)13-21(22)9-17(18)5-1;1-2-6-16-10-20-14-22-12-18-8-4-3-7-17(18)11-21(22)13-19(20)9-15(16)5-1/h17-40H,1-16H2;1-16H;1-14H. The van der Waals surface area contributed by atoms with Gasteiger partial charge in [-0.05, 0) is 281 Å². The molecule has 11 aromatic rings. The maximum Gasteiger partial charge on any atom is 0.0628 e. The first kappa shape index (κ1) is 54.4. The Morgan fingerprint density at radius 2 is 0.273 bits per heavy atom. The van der Waals surface area contributed by atoms with Crippen molar-refractivity contribution in [2.24, 2.45) is 47.3 Å². The van der Waals surface area contributed by atoms with Crippen molar-refractivity contribution >= 4 is 97.0 Å². The van der Waals surface area contributed by atoms with Crippen molar-refractivity contribution in [2.45, 2.75) is 152 Å². The van der Waals surface area contributed by atoms with E-state index in [0.717, 1.165) is 47.3 Å². The number of rotatable bonds is 0. The second kappa shape index (κ2) is 22.7. The first-order valence-electron chi connectivity index (χ1n) is 34.5. The van der Waals surface area contributed by atoms with Gasteiger partial charge in [-0.2, -0.15) is 0 Å². The number of hydrogen-bond acceptors (Lipinski definition) is 8. The molecule has 5 heterocycles. The third kappa shape index (κ3) is 9.97. The number of nitrogens with one attached hydrogen (secondary N) is 8. The third-order valence-corrected chi connectivity index (χ3v) is 23.8. The van der Waals surface area contributed by atoms with E-state index in [-0.39, 0.29) is 0 Å². The Kier molecular flexibility index (Phi) is 14.0. The molecule has 8 unspecified atom stereocenters. The molecule has 0 radical (unpaired) electrons. The van der Waals surface area contributed by atoms with Crippen LogP contribution < -0.4 is 42.5 Å². The van der Waals surface area contributed by atoms with Crippen molar-refractivity contribution in [3.8, 4) is 0 Å². The van der Waals surface area contributed by atoms with Gasteiger partial charge in [0.05, 0.1) is 49.3 Å². The second-order valence-electron chi connectivity index (χ2n) is 28.7. The normalized spacial score (nSPS) is 32.6. The molecule has 8 bridgehead atoms. The van der Waals surface area contributed by atoms with Crippen LogP contribution in [-0.4, -0.2) is 49.3 Å². The van der Waals surface area contributed by atoms with Crippen LogP contribution in [0.15, 0.2) is 182 Å².